The van der Waals surface area contributed by atoms with E-state index in [1.54, 1.807) is 6.92 Å². The van der Waals surface area contributed by atoms with E-state index in [1.807, 2.05) is 13.8 Å². The standard InChI is InChI=1S/C20H34O5S2/c1-6-16(21)12-26(10-9-18(2,3)13-26)25-27(23,24)14-20-8-7-15(11-17(20)22)19(20,4)5/h15H,6-14H2,1-5H3. The van der Waals surface area contributed by atoms with E-state index in [9.17, 15) is 18.0 Å². The average molecular weight is 419 g/mol. The summed E-state index contributed by atoms with van der Waals surface area (Å²) in [6.07, 6.45) is 3.30. The summed E-state index contributed by atoms with van der Waals surface area (Å²) < 4.78 is 32.3. The van der Waals surface area contributed by atoms with Gasteiger partial charge in [-0.2, -0.15) is 8.42 Å². The van der Waals surface area contributed by atoms with Gasteiger partial charge in [-0.25, -0.2) is 3.63 Å². The molecule has 0 spiro atoms. The van der Waals surface area contributed by atoms with Crippen molar-refractivity contribution in [1.82, 2.24) is 0 Å². The van der Waals surface area contributed by atoms with E-state index in [0.29, 0.717) is 30.8 Å². The molecule has 2 aliphatic carbocycles. The molecule has 5 nitrogen and oxygen atoms in total. The maximum Gasteiger partial charge on any atom is 0.277 e. The van der Waals surface area contributed by atoms with Crippen molar-refractivity contribution >= 4 is 32.0 Å². The lowest BCUT2D eigenvalue weighted by Gasteiger charge is -2.39. The zero-order valence-corrected chi connectivity index (χ0v) is 18.9. The van der Waals surface area contributed by atoms with Crippen molar-refractivity contribution < 1.29 is 21.6 Å². The summed E-state index contributed by atoms with van der Waals surface area (Å²) >= 11 is 0. The van der Waals surface area contributed by atoms with Crippen LogP contribution in [0.2, 0.25) is 0 Å². The first-order chi connectivity index (χ1) is 12.3. The summed E-state index contributed by atoms with van der Waals surface area (Å²) in [6, 6.07) is 0. The summed E-state index contributed by atoms with van der Waals surface area (Å²) in [5, 5.41) is 0. The van der Waals surface area contributed by atoms with Crippen LogP contribution in [0, 0.1) is 22.2 Å². The Hall–Kier alpha value is -0.400. The van der Waals surface area contributed by atoms with Gasteiger partial charge in [0.25, 0.3) is 10.1 Å². The van der Waals surface area contributed by atoms with Crippen LogP contribution in [0.3, 0.4) is 0 Å². The summed E-state index contributed by atoms with van der Waals surface area (Å²) in [6.45, 7) is 10.1. The van der Waals surface area contributed by atoms with Crippen molar-refractivity contribution in [1.29, 1.82) is 0 Å². The number of hydrogen-bond donors (Lipinski definition) is 0. The average Bonchev–Trinajstić information content (AvgIpc) is 3.00. The molecular formula is C20H34O5S2. The molecule has 0 amide bonds. The van der Waals surface area contributed by atoms with Gasteiger partial charge in [-0.3, -0.25) is 9.59 Å². The molecule has 3 aliphatic rings. The highest BCUT2D eigenvalue weighted by atomic mass is 32.3. The summed E-state index contributed by atoms with van der Waals surface area (Å²) in [7, 11) is -5.90. The monoisotopic (exact) mass is 418 g/mol. The lowest BCUT2D eigenvalue weighted by atomic mass is 9.70. The van der Waals surface area contributed by atoms with Gasteiger partial charge in [0.2, 0.25) is 0 Å². The Balaban J connectivity index is 1.86. The molecule has 2 saturated carbocycles. The van der Waals surface area contributed by atoms with Crippen LogP contribution in [0.25, 0.3) is 0 Å². The maximum atomic E-state index is 13.2. The first-order valence-corrected chi connectivity index (χ1v) is 13.7. The molecule has 27 heavy (non-hydrogen) atoms. The maximum absolute atomic E-state index is 13.2. The predicted octanol–water partition coefficient (Wildman–Crippen LogP) is 3.86. The van der Waals surface area contributed by atoms with Gasteiger partial charge in [0, 0.05) is 24.3 Å². The molecule has 7 heteroatoms. The van der Waals surface area contributed by atoms with Crippen LogP contribution in [0.15, 0.2) is 0 Å². The largest absolute Gasteiger partial charge is 0.299 e. The third-order valence-electron chi connectivity index (χ3n) is 7.43. The fourth-order valence-corrected chi connectivity index (χ4v) is 13.1. The van der Waals surface area contributed by atoms with E-state index < -0.39 is 25.8 Å². The topological polar surface area (TPSA) is 77.5 Å². The molecule has 1 heterocycles. The molecule has 0 N–H and O–H groups in total. The van der Waals surface area contributed by atoms with E-state index >= 15 is 0 Å². The fraction of sp³-hybridized carbons (Fsp3) is 0.900. The second-order valence-corrected chi connectivity index (χ2v) is 15.1. The van der Waals surface area contributed by atoms with Gasteiger partial charge in [0.15, 0.2) is 0 Å². The molecule has 3 atom stereocenters. The molecule has 0 aromatic heterocycles. The van der Waals surface area contributed by atoms with E-state index in [-0.39, 0.29) is 39.8 Å². The van der Waals surface area contributed by atoms with Gasteiger partial charge in [0.05, 0.1) is 16.9 Å². The molecule has 1 aliphatic heterocycles. The Labute approximate surface area is 165 Å². The highest BCUT2D eigenvalue weighted by Crippen LogP contribution is 2.66. The lowest BCUT2D eigenvalue weighted by molar-refractivity contribution is -0.128. The predicted molar refractivity (Wildman–Crippen MR) is 109 cm³/mol. The first-order valence-electron chi connectivity index (χ1n) is 10.0. The highest BCUT2D eigenvalue weighted by molar-refractivity contribution is 8.33. The molecule has 3 unspecified atom stereocenters. The zero-order chi connectivity index (χ0) is 20.3. The number of hydrogen-bond acceptors (Lipinski definition) is 5. The number of rotatable bonds is 7. The van der Waals surface area contributed by atoms with Crippen LogP contribution in [-0.4, -0.2) is 43.0 Å². The number of Topliss-reactive ketones (excluding diaryl/α,β-unsaturated/α-hetero) is 2. The minimum Gasteiger partial charge on any atom is -0.299 e. The quantitative estimate of drug-likeness (QED) is 0.627. The minimum atomic E-state index is -3.89. The third-order valence-corrected chi connectivity index (χ3v) is 13.4. The van der Waals surface area contributed by atoms with Crippen molar-refractivity contribution in [3.8, 4) is 0 Å². The second kappa shape index (κ2) is 6.56. The van der Waals surface area contributed by atoms with E-state index in [1.165, 1.54) is 0 Å². The van der Waals surface area contributed by atoms with Crippen molar-refractivity contribution in [2.45, 2.75) is 66.7 Å². The van der Waals surface area contributed by atoms with Crippen molar-refractivity contribution in [3.05, 3.63) is 0 Å². The van der Waals surface area contributed by atoms with Gasteiger partial charge in [-0.05, 0) is 36.0 Å². The molecule has 2 bridgehead atoms. The Morgan fingerprint density at radius 2 is 1.89 bits per heavy atom. The van der Waals surface area contributed by atoms with E-state index in [0.717, 1.165) is 12.8 Å². The number of ketones is 2. The molecule has 3 fully saturated rings. The minimum absolute atomic E-state index is 0.0158. The van der Waals surface area contributed by atoms with Crippen LogP contribution in [0.4, 0.5) is 0 Å². The summed E-state index contributed by atoms with van der Waals surface area (Å²) in [4.78, 5) is 24.9. The van der Waals surface area contributed by atoms with Crippen LogP contribution >= 0.6 is 10.3 Å². The molecule has 156 valence electrons. The molecule has 0 aromatic rings. The normalized spacial score (nSPS) is 39.4. The molecule has 0 radical (unpaired) electrons. The van der Waals surface area contributed by atoms with Crippen LogP contribution in [0.5, 0.6) is 0 Å². The zero-order valence-electron chi connectivity index (χ0n) is 17.3. The first kappa shape index (κ1) is 21.3. The van der Waals surface area contributed by atoms with E-state index in [2.05, 4.69) is 13.8 Å². The smallest absolute Gasteiger partial charge is 0.277 e. The Morgan fingerprint density at radius 3 is 2.33 bits per heavy atom. The Morgan fingerprint density at radius 1 is 1.22 bits per heavy atom. The molecule has 3 rings (SSSR count). The highest BCUT2D eigenvalue weighted by Gasteiger charge is 2.65. The Bertz CT molecular complexity index is 754. The molecule has 1 saturated heterocycles. The molecular weight excluding hydrogens is 384 g/mol. The number of carbonyl (C=O) groups excluding carboxylic acids is 2. The Kier molecular flexibility index (Phi) is 5.18. The van der Waals surface area contributed by atoms with Gasteiger partial charge >= 0.3 is 0 Å². The SMILES string of the molecule is CCC(=O)CS1(OS(=O)(=O)CC23CCC(CC2=O)C3(C)C)CCC(C)(C)C1. The van der Waals surface area contributed by atoms with Crippen LogP contribution < -0.4 is 0 Å². The van der Waals surface area contributed by atoms with Crippen molar-refractivity contribution in [2.24, 2.45) is 22.2 Å². The lowest BCUT2D eigenvalue weighted by Crippen LogP contribution is -2.43. The fourth-order valence-electron chi connectivity index (χ4n) is 5.57. The van der Waals surface area contributed by atoms with Gasteiger partial charge in [0.1, 0.15) is 11.6 Å². The number of carbonyl (C=O) groups is 2. The van der Waals surface area contributed by atoms with Crippen molar-refractivity contribution in [2.75, 3.05) is 23.0 Å². The van der Waals surface area contributed by atoms with Crippen LogP contribution in [-0.2, 0) is 23.3 Å². The summed E-state index contributed by atoms with van der Waals surface area (Å²) in [5.74, 6) is 1.70. The molecule has 0 aromatic carbocycles. The third kappa shape index (κ3) is 3.64. The van der Waals surface area contributed by atoms with E-state index in [4.69, 9.17) is 3.63 Å². The van der Waals surface area contributed by atoms with Gasteiger partial charge in [-0.15, -0.1) is 10.3 Å². The van der Waals surface area contributed by atoms with Crippen molar-refractivity contribution in [3.63, 3.8) is 0 Å². The summed E-state index contributed by atoms with van der Waals surface area (Å²) in [5.41, 5.74) is -1.14. The second-order valence-electron chi connectivity index (χ2n) is 10.2. The van der Waals surface area contributed by atoms with Gasteiger partial charge < -0.3 is 0 Å². The van der Waals surface area contributed by atoms with Gasteiger partial charge in [-0.1, -0.05) is 34.6 Å². The number of fused-ring (bicyclic) bond motifs is 2. The van der Waals surface area contributed by atoms with Crippen LogP contribution in [0.1, 0.15) is 66.7 Å².